The smallest absolute Gasteiger partial charge is 0.342 e. The highest BCUT2D eigenvalue weighted by atomic mass is 35.5. The topological polar surface area (TPSA) is 97.4 Å². The number of hydrogen-bond donors (Lipinski definition) is 2. The van der Waals surface area contributed by atoms with E-state index in [9.17, 15) is 14.4 Å². The summed E-state index contributed by atoms with van der Waals surface area (Å²) < 4.78 is 5.03. The molecule has 1 aromatic heterocycles. The van der Waals surface area contributed by atoms with Gasteiger partial charge in [0.25, 0.3) is 11.8 Å². The number of nitrogens with one attached hydrogen (secondary N) is 2. The van der Waals surface area contributed by atoms with E-state index in [-0.39, 0.29) is 16.6 Å². The quantitative estimate of drug-likeness (QED) is 0.584. The standard InChI is InChI=1S/C19H20ClN3O4/c1-4-21-18(25)13-6-5-7-14(9-13)23-15(24)10-27-19(26)16-11(2)8-12(3)22-17(16)20/h5-9H,4,10H2,1-3H3,(H,21,25)(H,23,24). The number of anilines is 1. The second kappa shape index (κ2) is 9.14. The minimum atomic E-state index is -0.726. The number of amides is 2. The lowest BCUT2D eigenvalue weighted by Gasteiger charge is -2.10. The Morgan fingerprint density at radius 2 is 1.93 bits per heavy atom. The van der Waals surface area contributed by atoms with Crippen molar-refractivity contribution in [3.8, 4) is 0 Å². The zero-order chi connectivity index (χ0) is 20.0. The Morgan fingerprint density at radius 3 is 2.59 bits per heavy atom. The highest BCUT2D eigenvalue weighted by molar-refractivity contribution is 6.32. The molecule has 27 heavy (non-hydrogen) atoms. The van der Waals surface area contributed by atoms with Gasteiger partial charge in [-0.2, -0.15) is 0 Å². The molecule has 0 bridgehead atoms. The van der Waals surface area contributed by atoms with E-state index in [1.807, 2.05) is 6.92 Å². The summed E-state index contributed by atoms with van der Waals surface area (Å²) in [4.78, 5) is 40.1. The first-order valence-corrected chi connectivity index (χ1v) is 8.68. The lowest BCUT2D eigenvalue weighted by atomic mass is 10.1. The number of hydrogen-bond acceptors (Lipinski definition) is 5. The minimum absolute atomic E-state index is 0.0348. The molecule has 1 aromatic carbocycles. The van der Waals surface area contributed by atoms with Gasteiger partial charge >= 0.3 is 5.97 Å². The van der Waals surface area contributed by atoms with E-state index in [0.717, 1.165) is 0 Å². The summed E-state index contributed by atoms with van der Waals surface area (Å²) in [5.74, 6) is -1.50. The fourth-order valence-corrected chi connectivity index (χ4v) is 2.80. The monoisotopic (exact) mass is 389 g/mol. The summed E-state index contributed by atoms with van der Waals surface area (Å²) in [6.45, 7) is 5.30. The van der Waals surface area contributed by atoms with Crippen LogP contribution < -0.4 is 10.6 Å². The van der Waals surface area contributed by atoms with Crippen LogP contribution >= 0.6 is 11.6 Å². The van der Waals surface area contributed by atoms with Gasteiger partial charge in [0.2, 0.25) is 0 Å². The van der Waals surface area contributed by atoms with Gasteiger partial charge in [0.1, 0.15) is 5.15 Å². The van der Waals surface area contributed by atoms with Crippen LogP contribution in [0, 0.1) is 13.8 Å². The van der Waals surface area contributed by atoms with E-state index >= 15 is 0 Å². The molecule has 0 radical (unpaired) electrons. The van der Waals surface area contributed by atoms with Crippen LogP contribution in [-0.4, -0.2) is 35.9 Å². The van der Waals surface area contributed by atoms with E-state index in [1.165, 1.54) is 6.07 Å². The molecule has 2 N–H and O–H groups in total. The Bertz CT molecular complexity index is 860. The van der Waals surface area contributed by atoms with Crippen LogP contribution in [-0.2, 0) is 9.53 Å². The number of benzene rings is 1. The van der Waals surface area contributed by atoms with Crippen LogP contribution in [0.5, 0.6) is 0 Å². The molecule has 0 atom stereocenters. The zero-order valence-electron chi connectivity index (χ0n) is 15.3. The molecular weight excluding hydrogens is 370 g/mol. The molecule has 7 nitrogen and oxygen atoms in total. The largest absolute Gasteiger partial charge is 0.452 e. The molecule has 0 aliphatic rings. The van der Waals surface area contributed by atoms with Crippen molar-refractivity contribution in [1.29, 1.82) is 0 Å². The third kappa shape index (κ3) is 5.52. The summed E-state index contributed by atoms with van der Waals surface area (Å²) in [5, 5.41) is 5.29. The number of pyridine rings is 1. The Kier molecular flexibility index (Phi) is 6.90. The highest BCUT2D eigenvalue weighted by Crippen LogP contribution is 2.19. The van der Waals surface area contributed by atoms with E-state index in [1.54, 1.807) is 38.1 Å². The van der Waals surface area contributed by atoms with E-state index < -0.39 is 18.5 Å². The average molecular weight is 390 g/mol. The first kappa shape index (κ1) is 20.4. The van der Waals surface area contributed by atoms with E-state index in [0.29, 0.717) is 29.1 Å². The zero-order valence-corrected chi connectivity index (χ0v) is 16.0. The number of aromatic nitrogens is 1. The molecule has 0 aliphatic heterocycles. The highest BCUT2D eigenvalue weighted by Gasteiger charge is 2.18. The summed E-state index contributed by atoms with van der Waals surface area (Å²) in [7, 11) is 0. The maximum absolute atomic E-state index is 12.2. The lowest BCUT2D eigenvalue weighted by Crippen LogP contribution is -2.24. The van der Waals surface area contributed by atoms with Gasteiger partial charge < -0.3 is 15.4 Å². The van der Waals surface area contributed by atoms with Crippen LogP contribution in [0.1, 0.15) is 38.9 Å². The number of halogens is 1. The van der Waals surface area contributed by atoms with Gasteiger partial charge in [-0.15, -0.1) is 0 Å². The number of aryl methyl sites for hydroxylation is 2. The van der Waals surface area contributed by atoms with Crippen molar-refractivity contribution in [3.05, 3.63) is 57.9 Å². The Hall–Kier alpha value is -2.93. The van der Waals surface area contributed by atoms with Gasteiger partial charge in [-0.1, -0.05) is 17.7 Å². The molecule has 0 saturated heterocycles. The second-order valence-corrected chi connectivity index (χ2v) is 6.17. The summed E-state index contributed by atoms with van der Waals surface area (Å²) in [6.07, 6.45) is 0. The van der Waals surface area contributed by atoms with Crippen molar-refractivity contribution < 1.29 is 19.1 Å². The SMILES string of the molecule is CCNC(=O)c1cccc(NC(=O)COC(=O)c2c(C)cc(C)nc2Cl)c1. The molecule has 0 aliphatic carbocycles. The maximum atomic E-state index is 12.2. The van der Waals surface area contributed by atoms with Gasteiger partial charge in [-0.05, 0) is 50.6 Å². The molecule has 0 fully saturated rings. The van der Waals surface area contributed by atoms with E-state index in [4.69, 9.17) is 16.3 Å². The van der Waals surface area contributed by atoms with E-state index in [2.05, 4.69) is 15.6 Å². The number of carbonyl (C=O) groups excluding carboxylic acids is 3. The van der Waals surface area contributed by atoms with Crippen molar-refractivity contribution in [3.63, 3.8) is 0 Å². The van der Waals surface area contributed by atoms with Gasteiger partial charge in [0.05, 0.1) is 5.56 Å². The fourth-order valence-electron chi connectivity index (χ4n) is 2.44. The predicted molar refractivity (Wildman–Crippen MR) is 102 cm³/mol. The molecule has 1 heterocycles. The summed E-state index contributed by atoms with van der Waals surface area (Å²) >= 11 is 6.00. The number of carbonyl (C=O) groups is 3. The van der Waals surface area contributed by atoms with Crippen LogP contribution in [0.4, 0.5) is 5.69 Å². The van der Waals surface area contributed by atoms with Crippen LogP contribution in [0.3, 0.4) is 0 Å². The van der Waals surface area contributed by atoms with Gasteiger partial charge in [0, 0.05) is 23.5 Å². The molecular formula is C19H20ClN3O4. The number of rotatable bonds is 6. The lowest BCUT2D eigenvalue weighted by molar-refractivity contribution is -0.119. The Balaban J connectivity index is 1.98. The molecule has 2 aromatic rings. The Labute approximate surface area is 162 Å². The van der Waals surface area contributed by atoms with Crippen LogP contribution in [0.25, 0.3) is 0 Å². The number of ether oxygens (including phenoxy) is 1. The minimum Gasteiger partial charge on any atom is -0.452 e. The summed E-state index contributed by atoms with van der Waals surface area (Å²) in [6, 6.07) is 8.15. The Morgan fingerprint density at radius 1 is 1.19 bits per heavy atom. The van der Waals surface area contributed by atoms with Crippen LogP contribution in [0.15, 0.2) is 30.3 Å². The van der Waals surface area contributed by atoms with Crippen molar-refractivity contribution in [1.82, 2.24) is 10.3 Å². The van der Waals surface area contributed by atoms with Crippen molar-refractivity contribution in [2.24, 2.45) is 0 Å². The van der Waals surface area contributed by atoms with Crippen LogP contribution in [0.2, 0.25) is 5.15 Å². The third-order valence-corrected chi connectivity index (χ3v) is 3.86. The number of esters is 1. The predicted octanol–water partition coefficient (Wildman–Crippen LogP) is 2.90. The van der Waals surface area contributed by atoms with Gasteiger partial charge in [-0.25, -0.2) is 9.78 Å². The molecule has 0 unspecified atom stereocenters. The molecule has 0 saturated carbocycles. The molecule has 0 spiro atoms. The number of nitrogens with zero attached hydrogens (tertiary/aromatic N) is 1. The average Bonchev–Trinajstić information content (AvgIpc) is 2.59. The summed E-state index contributed by atoms with van der Waals surface area (Å²) in [5.41, 5.74) is 2.27. The van der Waals surface area contributed by atoms with Gasteiger partial charge in [0.15, 0.2) is 6.61 Å². The maximum Gasteiger partial charge on any atom is 0.342 e. The molecule has 8 heteroatoms. The van der Waals surface area contributed by atoms with Crippen molar-refractivity contribution >= 4 is 35.1 Å². The first-order chi connectivity index (χ1) is 12.8. The molecule has 2 rings (SSSR count). The molecule has 142 valence electrons. The normalized spacial score (nSPS) is 10.2. The fraction of sp³-hybridized carbons (Fsp3) is 0.263. The first-order valence-electron chi connectivity index (χ1n) is 8.30. The van der Waals surface area contributed by atoms with Crippen molar-refractivity contribution in [2.75, 3.05) is 18.5 Å². The van der Waals surface area contributed by atoms with Gasteiger partial charge in [-0.3, -0.25) is 9.59 Å². The van der Waals surface area contributed by atoms with Crippen molar-refractivity contribution in [2.45, 2.75) is 20.8 Å². The second-order valence-electron chi connectivity index (χ2n) is 5.81. The molecule has 2 amide bonds. The third-order valence-electron chi connectivity index (χ3n) is 3.58.